The molecule has 0 radical (unpaired) electrons. The molecule has 0 aromatic heterocycles. The Hall–Kier alpha value is -3.31. The first-order chi connectivity index (χ1) is 44.9. The molecule has 34 heteroatoms. The molecule has 91 heavy (non-hydrogen) atoms. The van der Waals surface area contributed by atoms with E-state index in [1.54, 1.807) is 0 Å². The van der Waals surface area contributed by atoms with Crippen molar-refractivity contribution in [3.8, 4) is 5.75 Å². The van der Waals surface area contributed by atoms with Gasteiger partial charge >= 0.3 is 5.97 Å². The zero-order valence-electron chi connectivity index (χ0n) is 52.7. The van der Waals surface area contributed by atoms with E-state index in [9.17, 15) is 26.7 Å². The number of halogens is 5. The topological polar surface area (TPSA) is 297 Å². The molecule has 0 saturated heterocycles. The molecule has 534 valence electrons. The van der Waals surface area contributed by atoms with Crippen molar-refractivity contribution in [1.82, 2.24) is 0 Å². The van der Waals surface area contributed by atoms with Crippen molar-refractivity contribution in [3.63, 3.8) is 0 Å². The van der Waals surface area contributed by atoms with Crippen molar-refractivity contribution in [2.45, 2.75) is 6.42 Å². The normalized spacial score (nSPS) is 11.6. The van der Waals surface area contributed by atoms with E-state index in [4.69, 9.17) is 119 Å². The van der Waals surface area contributed by atoms with Gasteiger partial charge in [-0.2, -0.15) is 8.78 Å². The molecule has 0 fully saturated rings. The average molecular weight is 1340 g/mol. The van der Waals surface area contributed by atoms with Crippen LogP contribution in [-0.2, 0) is 118 Å². The quantitative estimate of drug-likeness (QED) is 0.0104. The zero-order chi connectivity index (χ0) is 65.5. The molecule has 0 bridgehead atoms. The number of carbonyl (C=O) groups is 1. The van der Waals surface area contributed by atoms with Gasteiger partial charge in [0.05, 0.1) is 324 Å². The molecule has 0 saturated carbocycles. The van der Waals surface area contributed by atoms with E-state index in [1.807, 2.05) is 0 Å². The first kappa shape index (κ1) is 85.7. The van der Waals surface area contributed by atoms with Gasteiger partial charge in [0.1, 0.15) is 0 Å². The molecule has 0 amide bonds. The number of esters is 1. The highest BCUT2D eigenvalue weighted by atomic mass is 19.2. The van der Waals surface area contributed by atoms with Gasteiger partial charge in [-0.3, -0.25) is 4.79 Å². The highest BCUT2D eigenvalue weighted by molar-refractivity contribution is 5.72. The molecule has 1 rings (SSSR count). The van der Waals surface area contributed by atoms with E-state index in [-0.39, 0.29) is 26.4 Å². The number of hydrogen-bond donors (Lipinski definition) is 0. The summed E-state index contributed by atoms with van der Waals surface area (Å²) in [6, 6.07) is 0. The summed E-state index contributed by atoms with van der Waals surface area (Å²) in [5.41, 5.74) is 8.17. The highest BCUT2D eigenvalue weighted by Crippen LogP contribution is 2.29. The molecule has 0 aliphatic heterocycles. The molecule has 0 unspecified atom stereocenters. The van der Waals surface area contributed by atoms with Crippen LogP contribution >= 0.6 is 0 Å². The summed E-state index contributed by atoms with van der Waals surface area (Å²) in [5.74, 6) is -14.2. The summed E-state index contributed by atoms with van der Waals surface area (Å²) in [4.78, 5) is 14.4. The Morgan fingerprint density at radius 2 is 0.385 bits per heavy atom. The maximum Gasteiger partial charge on any atom is 0.313 e. The number of azide groups is 1. The number of ether oxygens (including phenoxy) is 25. The lowest BCUT2D eigenvalue weighted by Gasteiger charge is -2.09. The van der Waals surface area contributed by atoms with Crippen molar-refractivity contribution in [3.05, 3.63) is 39.5 Å². The van der Waals surface area contributed by atoms with Crippen LogP contribution in [0, 0.1) is 29.1 Å². The number of nitrogens with zero attached hydrogens (tertiary/aromatic N) is 3. The minimum Gasteiger partial charge on any atom is -0.420 e. The number of carbonyl (C=O) groups excluding carboxylic acids is 1. The predicted molar refractivity (Wildman–Crippen MR) is 310 cm³/mol. The third kappa shape index (κ3) is 60.1. The highest BCUT2D eigenvalue weighted by Gasteiger charge is 2.28. The Bertz CT molecular complexity index is 1760. The summed E-state index contributed by atoms with van der Waals surface area (Å²) in [6.07, 6.45) is -0.497. The predicted octanol–water partition coefficient (Wildman–Crippen LogP) is 3.39. The fourth-order valence-corrected chi connectivity index (χ4v) is 6.30. The molecule has 0 spiro atoms. The Kier molecular flexibility index (Phi) is 66.9. The minimum atomic E-state index is -2.35. The van der Waals surface area contributed by atoms with E-state index in [0.29, 0.717) is 297 Å². The molecule has 0 atom stereocenters. The van der Waals surface area contributed by atoms with Crippen LogP contribution in [0.4, 0.5) is 22.0 Å². The Morgan fingerprint density at radius 3 is 0.549 bits per heavy atom. The largest absolute Gasteiger partial charge is 0.420 e. The molecule has 0 N–H and O–H groups in total. The van der Waals surface area contributed by atoms with Crippen molar-refractivity contribution >= 4 is 5.97 Å². The first-order valence-electron chi connectivity index (χ1n) is 30.5. The third-order valence-corrected chi connectivity index (χ3v) is 10.8. The van der Waals surface area contributed by atoms with Gasteiger partial charge in [-0.25, -0.2) is 13.2 Å². The van der Waals surface area contributed by atoms with Gasteiger partial charge < -0.3 is 118 Å². The molecular weight excluding hydrogens is 1240 g/mol. The van der Waals surface area contributed by atoms with Gasteiger partial charge in [-0.05, 0) is 5.53 Å². The van der Waals surface area contributed by atoms with E-state index >= 15 is 0 Å². The Morgan fingerprint density at radius 1 is 0.242 bits per heavy atom. The van der Waals surface area contributed by atoms with Crippen molar-refractivity contribution in [2.75, 3.05) is 324 Å². The smallest absolute Gasteiger partial charge is 0.313 e. The lowest BCUT2D eigenvalue weighted by atomic mass is 10.2. The van der Waals surface area contributed by atoms with Crippen LogP contribution in [0.15, 0.2) is 5.11 Å². The van der Waals surface area contributed by atoms with Crippen molar-refractivity contribution < 1.29 is 145 Å². The molecule has 1 aromatic rings. The first-order valence-corrected chi connectivity index (χ1v) is 30.5. The van der Waals surface area contributed by atoms with Crippen LogP contribution in [0.5, 0.6) is 5.75 Å². The standard InChI is InChI=1S/C57H100F5N3O26/c58-52-53(59)55(61)57(56(62)54(52)60)91-51(66)1-3-67-5-7-69-9-11-71-13-15-73-17-19-75-21-23-77-25-27-79-29-31-81-33-35-83-37-39-85-41-43-87-45-47-89-49-50-90-48-46-88-44-42-86-40-38-84-36-34-82-32-30-80-28-26-78-24-22-76-20-18-74-16-14-72-12-10-70-8-6-68-4-2-64-65-63/h1-50H2. The Balaban J connectivity index is 1.62. The van der Waals surface area contributed by atoms with Crippen molar-refractivity contribution in [1.29, 1.82) is 0 Å². The van der Waals surface area contributed by atoms with Gasteiger partial charge in [0, 0.05) is 11.5 Å². The Labute approximate surface area is 530 Å². The van der Waals surface area contributed by atoms with Gasteiger partial charge in [0.25, 0.3) is 0 Å². The van der Waals surface area contributed by atoms with E-state index < -0.39 is 47.2 Å². The van der Waals surface area contributed by atoms with Crippen molar-refractivity contribution in [2.24, 2.45) is 5.11 Å². The van der Waals surface area contributed by atoms with Gasteiger partial charge in [-0.15, -0.1) is 0 Å². The zero-order valence-corrected chi connectivity index (χ0v) is 52.7. The van der Waals surface area contributed by atoms with E-state index in [2.05, 4.69) is 14.8 Å². The monoisotopic (exact) mass is 1340 g/mol. The SMILES string of the molecule is [N-]=[N+]=NCCOCCOCCOCCOCCOCCOCCOCCOCCOCCOCCOCCOCCOCCOCCOCCOCCOCCOCCOCCOCCOCCOCCOCCOCCC(=O)Oc1c(F)c(F)c(F)c(F)c1F. The van der Waals surface area contributed by atoms with Gasteiger partial charge in [-0.1, -0.05) is 5.11 Å². The van der Waals surface area contributed by atoms with E-state index in [1.165, 1.54) is 0 Å². The second kappa shape index (κ2) is 71.0. The van der Waals surface area contributed by atoms with Crippen LogP contribution in [-0.4, -0.2) is 330 Å². The summed E-state index contributed by atoms with van der Waals surface area (Å²) < 4.78 is 202. The maximum atomic E-state index is 13.6. The van der Waals surface area contributed by atoms with Gasteiger partial charge in [0.15, 0.2) is 0 Å². The van der Waals surface area contributed by atoms with Crippen LogP contribution in [0.3, 0.4) is 0 Å². The molecule has 29 nitrogen and oxygen atoms in total. The molecule has 1 aromatic carbocycles. The van der Waals surface area contributed by atoms with E-state index in [0.717, 1.165) is 0 Å². The summed E-state index contributed by atoms with van der Waals surface area (Å²) >= 11 is 0. The number of hydrogen-bond acceptors (Lipinski definition) is 27. The van der Waals surface area contributed by atoms with Crippen LogP contribution < -0.4 is 4.74 Å². The molecule has 0 aliphatic carbocycles. The maximum absolute atomic E-state index is 13.6. The second-order valence-corrected chi connectivity index (χ2v) is 17.8. The lowest BCUT2D eigenvalue weighted by Crippen LogP contribution is -2.16. The summed E-state index contributed by atoms with van der Waals surface area (Å²) in [5, 5.41) is 3.38. The molecule has 0 aliphatic rings. The fraction of sp³-hybridized carbons (Fsp3) is 0.877. The lowest BCUT2D eigenvalue weighted by molar-refractivity contribution is -0.136. The summed E-state index contributed by atoms with van der Waals surface area (Å²) in [7, 11) is 0. The summed E-state index contributed by atoms with van der Waals surface area (Å²) in [6.45, 7) is 20.2. The minimum absolute atomic E-state index is 0.0689. The van der Waals surface area contributed by atoms with Crippen LogP contribution in [0.25, 0.3) is 10.4 Å². The average Bonchev–Trinajstić information content (AvgIpc) is 1.03. The molecular formula is C57H100F5N3O26. The molecule has 0 heterocycles. The number of rotatable bonds is 76. The fourth-order valence-electron chi connectivity index (χ4n) is 6.30. The van der Waals surface area contributed by atoms with Gasteiger partial charge in [0.2, 0.25) is 34.8 Å². The second-order valence-electron chi connectivity index (χ2n) is 17.8. The van der Waals surface area contributed by atoms with Crippen LogP contribution in [0.2, 0.25) is 0 Å². The number of benzene rings is 1. The third-order valence-electron chi connectivity index (χ3n) is 10.8. The van der Waals surface area contributed by atoms with Crippen LogP contribution in [0.1, 0.15) is 6.42 Å².